The highest BCUT2D eigenvalue weighted by Crippen LogP contribution is 2.21. The normalized spacial score (nSPS) is 14.3. The molecule has 3 N–H and O–H groups in total. The molecule has 0 aliphatic carbocycles. The van der Waals surface area contributed by atoms with Crippen molar-refractivity contribution in [3.05, 3.63) is 47.5 Å². The van der Waals surface area contributed by atoms with Gasteiger partial charge in [0.25, 0.3) is 0 Å². The van der Waals surface area contributed by atoms with E-state index in [1.807, 2.05) is 35.7 Å². The summed E-state index contributed by atoms with van der Waals surface area (Å²) in [6, 6.07) is 9.77. The van der Waals surface area contributed by atoms with Crippen molar-refractivity contribution in [3.63, 3.8) is 0 Å². The van der Waals surface area contributed by atoms with Gasteiger partial charge in [-0.2, -0.15) is 0 Å². The van der Waals surface area contributed by atoms with Crippen LogP contribution in [0.15, 0.2) is 46.2 Å². The van der Waals surface area contributed by atoms with Gasteiger partial charge in [0.15, 0.2) is 0 Å². The zero-order chi connectivity index (χ0) is 12.8. The Morgan fingerprint density at radius 1 is 1.33 bits per heavy atom. The van der Waals surface area contributed by atoms with Crippen LogP contribution in [-0.4, -0.2) is 28.0 Å². The third kappa shape index (κ3) is 4.10. The summed E-state index contributed by atoms with van der Waals surface area (Å²) in [6.45, 7) is 0. The fourth-order valence-electron chi connectivity index (χ4n) is 1.58. The molecule has 0 radical (unpaired) electrons. The van der Waals surface area contributed by atoms with E-state index in [-0.39, 0.29) is 6.04 Å². The Hall–Kier alpha value is -0.880. The molecule has 0 fully saturated rings. The molecule has 5 heteroatoms. The van der Waals surface area contributed by atoms with Crippen molar-refractivity contribution in [2.45, 2.75) is 22.9 Å². The zero-order valence-electron chi connectivity index (χ0n) is 9.90. The van der Waals surface area contributed by atoms with Crippen LogP contribution in [0.2, 0.25) is 0 Å². The number of hydrogen-bond acceptors (Lipinski definition) is 5. The van der Waals surface area contributed by atoms with Crippen LogP contribution < -0.4 is 5.73 Å². The fourth-order valence-corrected chi connectivity index (χ4v) is 3.28. The van der Waals surface area contributed by atoms with Crippen molar-refractivity contribution in [1.29, 1.82) is 0 Å². The topological polar surface area (TPSA) is 59.1 Å². The lowest BCUT2D eigenvalue weighted by molar-refractivity contribution is 0.167. The van der Waals surface area contributed by atoms with Crippen molar-refractivity contribution in [3.8, 4) is 0 Å². The number of aliphatic hydroxyl groups excluding tert-OH is 1. The summed E-state index contributed by atoms with van der Waals surface area (Å²) in [5.74, 6) is 0.585. The number of aliphatic hydroxyl groups is 1. The Kier molecular flexibility index (Phi) is 5.19. The maximum absolute atomic E-state index is 10.0. The number of benzene rings is 1. The van der Waals surface area contributed by atoms with Crippen LogP contribution in [-0.2, 0) is 6.42 Å². The molecule has 1 aromatic heterocycles. The minimum absolute atomic E-state index is 0.236. The zero-order valence-corrected chi connectivity index (χ0v) is 11.5. The van der Waals surface area contributed by atoms with Crippen molar-refractivity contribution in [2.24, 2.45) is 5.73 Å². The van der Waals surface area contributed by atoms with Gasteiger partial charge >= 0.3 is 0 Å². The molecule has 2 aromatic rings. The SMILES string of the molecule is NC(Cc1ccccc1)C(O)CSc1nccs1. The van der Waals surface area contributed by atoms with Gasteiger partial charge in [0, 0.05) is 23.4 Å². The van der Waals surface area contributed by atoms with Gasteiger partial charge in [0.1, 0.15) is 4.34 Å². The quantitative estimate of drug-likeness (QED) is 0.796. The minimum Gasteiger partial charge on any atom is -0.391 e. The number of nitrogens with two attached hydrogens (primary N) is 1. The summed E-state index contributed by atoms with van der Waals surface area (Å²) in [5.41, 5.74) is 7.16. The first-order valence-electron chi connectivity index (χ1n) is 5.75. The van der Waals surface area contributed by atoms with Crippen LogP contribution in [0.1, 0.15) is 5.56 Å². The molecule has 0 spiro atoms. The second kappa shape index (κ2) is 6.89. The number of nitrogens with zero attached hydrogens (tertiary/aromatic N) is 1. The molecule has 0 saturated heterocycles. The molecule has 18 heavy (non-hydrogen) atoms. The molecule has 3 nitrogen and oxygen atoms in total. The van der Waals surface area contributed by atoms with E-state index in [1.54, 1.807) is 29.3 Å². The molecule has 1 heterocycles. The van der Waals surface area contributed by atoms with E-state index in [1.165, 1.54) is 0 Å². The third-order valence-corrected chi connectivity index (χ3v) is 4.66. The number of hydrogen-bond donors (Lipinski definition) is 2. The summed E-state index contributed by atoms with van der Waals surface area (Å²) in [6.07, 6.45) is 1.95. The average molecular weight is 280 g/mol. The van der Waals surface area contributed by atoms with Crippen LogP contribution in [0.5, 0.6) is 0 Å². The van der Waals surface area contributed by atoms with Gasteiger partial charge in [-0.3, -0.25) is 0 Å². The second-order valence-electron chi connectivity index (χ2n) is 4.03. The van der Waals surface area contributed by atoms with Gasteiger partial charge in [0.2, 0.25) is 0 Å². The monoisotopic (exact) mass is 280 g/mol. The van der Waals surface area contributed by atoms with Gasteiger partial charge < -0.3 is 10.8 Å². The fraction of sp³-hybridized carbons (Fsp3) is 0.308. The Morgan fingerprint density at radius 3 is 2.78 bits per heavy atom. The maximum atomic E-state index is 10.0. The largest absolute Gasteiger partial charge is 0.391 e. The first-order valence-corrected chi connectivity index (χ1v) is 7.62. The first kappa shape index (κ1) is 13.5. The Balaban J connectivity index is 1.80. The molecule has 2 atom stereocenters. The number of thiazole rings is 1. The van der Waals surface area contributed by atoms with Gasteiger partial charge in [-0.15, -0.1) is 11.3 Å². The van der Waals surface area contributed by atoms with E-state index >= 15 is 0 Å². The summed E-state index contributed by atoms with van der Waals surface area (Å²) in [4.78, 5) is 4.16. The first-order chi connectivity index (χ1) is 8.75. The molecule has 0 aliphatic rings. The summed E-state index contributed by atoms with van der Waals surface area (Å²) < 4.78 is 0.973. The van der Waals surface area contributed by atoms with E-state index in [0.717, 1.165) is 9.90 Å². The highest BCUT2D eigenvalue weighted by atomic mass is 32.2. The average Bonchev–Trinajstić information content (AvgIpc) is 2.90. The van der Waals surface area contributed by atoms with Crippen molar-refractivity contribution in [1.82, 2.24) is 4.98 Å². The van der Waals surface area contributed by atoms with E-state index in [0.29, 0.717) is 12.2 Å². The van der Waals surface area contributed by atoms with Crippen LogP contribution >= 0.6 is 23.1 Å². The third-order valence-electron chi connectivity index (χ3n) is 2.60. The lowest BCUT2D eigenvalue weighted by atomic mass is 10.0. The second-order valence-corrected chi connectivity index (χ2v) is 6.19. The number of thioether (sulfide) groups is 1. The lowest BCUT2D eigenvalue weighted by Crippen LogP contribution is -2.38. The van der Waals surface area contributed by atoms with E-state index in [2.05, 4.69) is 4.98 Å². The molecule has 96 valence electrons. The number of aromatic nitrogens is 1. The van der Waals surface area contributed by atoms with Gasteiger partial charge in [-0.1, -0.05) is 42.1 Å². The molecule has 1 aromatic carbocycles. The predicted octanol–water partition coefficient (Wildman–Crippen LogP) is 2.17. The predicted molar refractivity (Wildman–Crippen MR) is 77.0 cm³/mol. The van der Waals surface area contributed by atoms with Crippen LogP contribution in [0.3, 0.4) is 0 Å². The van der Waals surface area contributed by atoms with E-state index in [4.69, 9.17) is 5.73 Å². The Bertz CT molecular complexity index is 447. The Morgan fingerprint density at radius 2 is 2.11 bits per heavy atom. The molecule has 0 bridgehead atoms. The van der Waals surface area contributed by atoms with Gasteiger partial charge in [-0.05, 0) is 12.0 Å². The van der Waals surface area contributed by atoms with E-state index < -0.39 is 6.10 Å². The highest BCUT2D eigenvalue weighted by Gasteiger charge is 2.16. The molecule has 0 aliphatic heterocycles. The molecule has 0 amide bonds. The maximum Gasteiger partial charge on any atom is 0.149 e. The molecule has 2 unspecified atom stereocenters. The summed E-state index contributed by atoms with van der Waals surface area (Å²) >= 11 is 3.13. The lowest BCUT2D eigenvalue weighted by Gasteiger charge is -2.18. The van der Waals surface area contributed by atoms with E-state index in [9.17, 15) is 5.11 Å². The summed E-state index contributed by atoms with van der Waals surface area (Å²) in [5, 5.41) is 11.9. The highest BCUT2D eigenvalue weighted by molar-refractivity contribution is 8.01. The van der Waals surface area contributed by atoms with Crippen LogP contribution in [0.4, 0.5) is 0 Å². The van der Waals surface area contributed by atoms with Crippen LogP contribution in [0.25, 0.3) is 0 Å². The molecular formula is C13H16N2OS2. The van der Waals surface area contributed by atoms with Crippen molar-refractivity contribution in [2.75, 3.05) is 5.75 Å². The van der Waals surface area contributed by atoms with Crippen molar-refractivity contribution >= 4 is 23.1 Å². The van der Waals surface area contributed by atoms with Gasteiger partial charge in [0.05, 0.1) is 6.10 Å². The van der Waals surface area contributed by atoms with Crippen molar-refractivity contribution < 1.29 is 5.11 Å². The smallest absolute Gasteiger partial charge is 0.149 e. The minimum atomic E-state index is -0.515. The Labute approximate surface area is 115 Å². The number of rotatable bonds is 6. The molecular weight excluding hydrogens is 264 g/mol. The molecule has 2 rings (SSSR count). The standard InChI is InChI=1S/C13H16N2OS2/c14-11(8-10-4-2-1-3-5-10)12(16)9-18-13-15-6-7-17-13/h1-7,11-12,16H,8-9,14H2. The summed E-state index contributed by atoms with van der Waals surface area (Å²) in [7, 11) is 0. The van der Waals surface area contributed by atoms with Gasteiger partial charge in [-0.25, -0.2) is 4.98 Å². The van der Waals surface area contributed by atoms with Crippen LogP contribution in [0, 0.1) is 0 Å². The molecule has 0 saturated carbocycles.